The first kappa shape index (κ1) is 19.5. The number of carbonyl (C=O) groups excluding carboxylic acids is 2. The summed E-state index contributed by atoms with van der Waals surface area (Å²) in [6.45, 7) is 2.87. The average molecular weight is 415 g/mol. The zero-order chi connectivity index (χ0) is 20.5. The van der Waals surface area contributed by atoms with Crippen LogP contribution in [0.4, 0.5) is 4.39 Å². The average Bonchev–Trinajstić information content (AvgIpc) is 3.06. The highest BCUT2D eigenvalue weighted by Crippen LogP contribution is 2.31. The van der Waals surface area contributed by atoms with Crippen molar-refractivity contribution in [1.29, 1.82) is 0 Å². The van der Waals surface area contributed by atoms with Gasteiger partial charge in [0, 0.05) is 35.6 Å². The van der Waals surface area contributed by atoms with Gasteiger partial charge in [0.25, 0.3) is 11.8 Å². The number of piperidine rings is 1. The number of nitrogens with one attached hydrogen (secondary N) is 1. The number of aryl methyl sites for hydroxylation is 1. The molecular formula is C22H20ClFN2O3. The molecule has 2 heterocycles. The SMILES string of the molecule is Cc1c(C(=O)N2CCC(NC(=O)c3ccc(F)cc3)CC2)oc2c(Cl)cccc12. The Labute approximate surface area is 172 Å². The van der Waals surface area contributed by atoms with Gasteiger partial charge in [-0.1, -0.05) is 23.7 Å². The number of benzene rings is 2. The fourth-order valence-corrected chi connectivity index (χ4v) is 3.87. The summed E-state index contributed by atoms with van der Waals surface area (Å²) in [4.78, 5) is 27.0. The van der Waals surface area contributed by atoms with E-state index in [4.69, 9.17) is 16.0 Å². The molecule has 1 aromatic heterocycles. The molecule has 0 atom stereocenters. The monoisotopic (exact) mass is 414 g/mol. The van der Waals surface area contributed by atoms with Gasteiger partial charge in [0.2, 0.25) is 0 Å². The number of amides is 2. The predicted molar refractivity (Wildman–Crippen MR) is 109 cm³/mol. The lowest BCUT2D eigenvalue weighted by atomic mass is 10.0. The highest BCUT2D eigenvalue weighted by Gasteiger charge is 2.28. The first-order valence-electron chi connectivity index (χ1n) is 9.47. The fraction of sp³-hybridized carbons (Fsp3) is 0.273. The van der Waals surface area contributed by atoms with E-state index in [0.717, 1.165) is 10.9 Å². The molecule has 1 N–H and O–H groups in total. The summed E-state index contributed by atoms with van der Waals surface area (Å²) in [5, 5.41) is 4.27. The number of para-hydroxylation sites is 1. The lowest BCUT2D eigenvalue weighted by Crippen LogP contribution is -2.46. The summed E-state index contributed by atoms with van der Waals surface area (Å²) >= 11 is 6.18. The lowest BCUT2D eigenvalue weighted by molar-refractivity contribution is 0.0668. The molecule has 1 fully saturated rings. The largest absolute Gasteiger partial charge is 0.449 e. The van der Waals surface area contributed by atoms with Crippen molar-refractivity contribution in [3.63, 3.8) is 0 Å². The van der Waals surface area contributed by atoms with E-state index >= 15 is 0 Å². The van der Waals surface area contributed by atoms with Gasteiger partial charge >= 0.3 is 0 Å². The quantitative estimate of drug-likeness (QED) is 0.683. The molecule has 1 aliphatic heterocycles. The van der Waals surface area contributed by atoms with Crippen molar-refractivity contribution in [3.05, 3.63) is 70.2 Å². The highest BCUT2D eigenvalue weighted by molar-refractivity contribution is 6.35. The third-order valence-corrected chi connectivity index (χ3v) is 5.63. The van der Waals surface area contributed by atoms with Crippen molar-refractivity contribution < 1.29 is 18.4 Å². The Kier molecular flexibility index (Phi) is 5.28. The molecule has 7 heteroatoms. The van der Waals surface area contributed by atoms with Crippen LogP contribution >= 0.6 is 11.6 Å². The van der Waals surface area contributed by atoms with E-state index in [9.17, 15) is 14.0 Å². The summed E-state index contributed by atoms with van der Waals surface area (Å²) in [6, 6.07) is 10.8. The molecule has 0 unspecified atom stereocenters. The van der Waals surface area contributed by atoms with Crippen LogP contribution in [-0.4, -0.2) is 35.8 Å². The predicted octanol–water partition coefficient (Wildman–Crippen LogP) is 4.57. The Morgan fingerprint density at radius 2 is 1.83 bits per heavy atom. The minimum Gasteiger partial charge on any atom is -0.449 e. The van der Waals surface area contributed by atoms with Crippen molar-refractivity contribution in [1.82, 2.24) is 10.2 Å². The smallest absolute Gasteiger partial charge is 0.289 e. The minimum absolute atomic E-state index is 0.0391. The molecule has 1 saturated heterocycles. The van der Waals surface area contributed by atoms with E-state index in [1.807, 2.05) is 19.1 Å². The van der Waals surface area contributed by atoms with E-state index in [1.165, 1.54) is 24.3 Å². The van der Waals surface area contributed by atoms with Crippen LogP contribution in [0.15, 0.2) is 46.9 Å². The molecule has 2 amide bonds. The van der Waals surface area contributed by atoms with Crippen molar-refractivity contribution in [3.8, 4) is 0 Å². The molecule has 0 bridgehead atoms. The van der Waals surface area contributed by atoms with Crippen LogP contribution in [0.25, 0.3) is 11.0 Å². The number of halogens is 2. The standard InChI is InChI=1S/C22H20ClFN2O3/c1-13-17-3-2-4-18(23)20(17)29-19(13)22(28)26-11-9-16(10-12-26)25-21(27)14-5-7-15(24)8-6-14/h2-8,16H,9-12H2,1H3,(H,25,27). The van der Waals surface area contributed by atoms with Gasteiger partial charge in [0.05, 0.1) is 5.02 Å². The zero-order valence-electron chi connectivity index (χ0n) is 15.9. The molecule has 1 aliphatic rings. The Morgan fingerprint density at radius 3 is 2.48 bits per heavy atom. The van der Waals surface area contributed by atoms with Crippen LogP contribution < -0.4 is 5.32 Å². The summed E-state index contributed by atoms with van der Waals surface area (Å²) in [7, 11) is 0. The molecule has 2 aromatic carbocycles. The van der Waals surface area contributed by atoms with Gasteiger partial charge in [0.1, 0.15) is 5.82 Å². The number of furan rings is 1. The van der Waals surface area contributed by atoms with E-state index < -0.39 is 0 Å². The molecule has 0 aliphatic carbocycles. The maximum atomic E-state index is 13.0. The second-order valence-electron chi connectivity index (χ2n) is 7.22. The van der Waals surface area contributed by atoms with E-state index in [-0.39, 0.29) is 23.7 Å². The Morgan fingerprint density at radius 1 is 1.14 bits per heavy atom. The van der Waals surface area contributed by atoms with Crippen molar-refractivity contribution in [2.75, 3.05) is 13.1 Å². The fourth-order valence-electron chi connectivity index (χ4n) is 3.65. The maximum absolute atomic E-state index is 13.0. The molecule has 0 saturated carbocycles. The molecule has 4 rings (SSSR count). The van der Waals surface area contributed by atoms with Gasteiger partial charge in [-0.15, -0.1) is 0 Å². The number of hydrogen-bond donors (Lipinski definition) is 1. The molecule has 29 heavy (non-hydrogen) atoms. The van der Waals surface area contributed by atoms with Crippen LogP contribution in [0.5, 0.6) is 0 Å². The highest BCUT2D eigenvalue weighted by atomic mass is 35.5. The van der Waals surface area contributed by atoms with Gasteiger partial charge < -0.3 is 14.6 Å². The van der Waals surface area contributed by atoms with Crippen molar-refractivity contribution in [2.45, 2.75) is 25.8 Å². The van der Waals surface area contributed by atoms with Gasteiger partial charge in [0.15, 0.2) is 11.3 Å². The van der Waals surface area contributed by atoms with E-state index in [0.29, 0.717) is 47.9 Å². The van der Waals surface area contributed by atoms with Gasteiger partial charge in [-0.2, -0.15) is 0 Å². The summed E-state index contributed by atoms with van der Waals surface area (Å²) in [5.41, 5.74) is 1.72. The topological polar surface area (TPSA) is 62.6 Å². The molecule has 150 valence electrons. The first-order valence-corrected chi connectivity index (χ1v) is 9.85. The van der Waals surface area contributed by atoms with Crippen LogP contribution in [0.1, 0.15) is 39.3 Å². The number of rotatable bonds is 3. The third-order valence-electron chi connectivity index (χ3n) is 5.33. The van der Waals surface area contributed by atoms with Crippen LogP contribution in [-0.2, 0) is 0 Å². The molecule has 3 aromatic rings. The van der Waals surface area contributed by atoms with Crippen LogP contribution in [0, 0.1) is 12.7 Å². The number of nitrogens with zero attached hydrogens (tertiary/aromatic N) is 1. The molecular weight excluding hydrogens is 395 g/mol. The van der Waals surface area contributed by atoms with Gasteiger partial charge in [-0.25, -0.2) is 4.39 Å². The normalized spacial score (nSPS) is 14.9. The third kappa shape index (κ3) is 3.85. The number of likely N-dealkylation sites (tertiary alicyclic amines) is 1. The van der Waals surface area contributed by atoms with Crippen LogP contribution in [0.2, 0.25) is 5.02 Å². The lowest BCUT2D eigenvalue weighted by Gasteiger charge is -2.32. The van der Waals surface area contributed by atoms with Crippen molar-refractivity contribution >= 4 is 34.4 Å². The first-order chi connectivity index (χ1) is 13.9. The summed E-state index contributed by atoms with van der Waals surface area (Å²) in [5.74, 6) is -0.479. The second-order valence-corrected chi connectivity index (χ2v) is 7.63. The molecule has 0 radical (unpaired) electrons. The van der Waals surface area contributed by atoms with Gasteiger partial charge in [-0.3, -0.25) is 9.59 Å². The molecule has 5 nitrogen and oxygen atoms in total. The maximum Gasteiger partial charge on any atom is 0.289 e. The Balaban J connectivity index is 1.40. The van der Waals surface area contributed by atoms with Crippen molar-refractivity contribution in [2.24, 2.45) is 0 Å². The minimum atomic E-state index is -0.379. The molecule has 0 spiro atoms. The number of fused-ring (bicyclic) bond motifs is 1. The van der Waals surface area contributed by atoms with Gasteiger partial charge in [-0.05, 0) is 50.1 Å². The number of carbonyl (C=O) groups is 2. The summed E-state index contributed by atoms with van der Waals surface area (Å²) in [6.07, 6.45) is 1.28. The Bertz CT molecular complexity index is 1070. The second kappa shape index (κ2) is 7.87. The zero-order valence-corrected chi connectivity index (χ0v) is 16.6. The van der Waals surface area contributed by atoms with E-state index in [2.05, 4.69) is 5.32 Å². The van der Waals surface area contributed by atoms with Crippen LogP contribution in [0.3, 0.4) is 0 Å². The van der Waals surface area contributed by atoms with E-state index in [1.54, 1.807) is 11.0 Å². The number of hydrogen-bond acceptors (Lipinski definition) is 3. The summed E-state index contributed by atoms with van der Waals surface area (Å²) < 4.78 is 18.8. The Hall–Kier alpha value is -2.86.